The van der Waals surface area contributed by atoms with Crippen molar-refractivity contribution >= 4 is 47.0 Å². The zero-order valence-electron chi connectivity index (χ0n) is 25.4. The lowest BCUT2D eigenvalue weighted by Gasteiger charge is -2.21. The Labute approximate surface area is 275 Å². The maximum atomic E-state index is 10.7. The molecule has 14 heteroatoms. The molecule has 0 bridgehead atoms. The van der Waals surface area contributed by atoms with Crippen LogP contribution in [0.2, 0.25) is 10.0 Å². The third kappa shape index (κ3) is 15.0. The molecule has 2 amide bonds. The number of carboxylic acid groups (broad SMARTS) is 2. The van der Waals surface area contributed by atoms with Gasteiger partial charge in [-0.1, -0.05) is 23.2 Å². The van der Waals surface area contributed by atoms with Gasteiger partial charge in [0.1, 0.15) is 11.5 Å². The van der Waals surface area contributed by atoms with E-state index in [0.29, 0.717) is 32.7 Å². The summed E-state index contributed by atoms with van der Waals surface area (Å²) in [7, 11) is 0. The van der Waals surface area contributed by atoms with E-state index in [1.165, 1.54) is 52.5 Å². The SMILES string of the molecule is CC(C)(Oc1ccc(Cl)cc1)C(=O)O.CC(C)(Oc1ccc(Cl)cc1)C(=O)O.NC(=O)c1ccncc1.NC(=O)c1ccncc1. The van der Waals surface area contributed by atoms with Crippen LogP contribution in [0.15, 0.2) is 97.6 Å². The first-order valence-corrected chi connectivity index (χ1v) is 14.0. The lowest BCUT2D eigenvalue weighted by Crippen LogP contribution is -2.37. The summed E-state index contributed by atoms with van der Waals surface area (Å²) >= 11 is 11.3. The summed E-state index contributed by atoms with van der Waals surface area (Å²) < 4.78 is 10.5. The van der Waals surface area contributed by atoms with E-state index in [0.717, 1.165) is 0 Å². The van der Waals surface area contributed by atoms with Gasteiger partial charge < -0.3 is 31.2 Å². The van der Waals surface area contributed by atoms with Crippen LogP contribution in [0, 0.1) is 0 Å². The van der Waals surface area contributed by atoms with Gasteiger partial charge in [0, 0.05) is 46.0 Å². The number of aromatic nitrogens is 2. The Kier molecular flexibility index (Phi) is 15.7. The molecule has 2 aromatic heterocycles. The highest BCUT2D eigenvalue weighted by Crippen LogP contribution is 2.22. The first-order valence-electron chi connectivity index (χ1n) is 13.2. The Morgan fingerprint density at radius 2 is 0.826 bits per heavy atom. The van der Waals surface area contributed by atoms with Gasteiger partial charge in [-0.3, -0.25) is 19.6 Å². The second-order valence-corrected chi connectivity index (χ2v) is 10.8. The van der Waals surface area contributed by atoms with Gasteiger partial charge >= 0.3 is 11.9 Å². The molecule has 0 saturated carbocycles. The zero-order chi connectivity index (χ0) is 34.9. The molecule has 0 aliphatic carbocycles. The number of carboxylic acids is 2. The average Bonchev–Trinajstić information content (AvgIpc) is 3.01. The van der Waals surface area contributed by atoms with Crippen molar-refractivity contribution in [1.82, 2.24) is 9.97 Å². The van der Waals surface area contributed by atoms with Gasteiger partial charge in [-0.25, -0.2) is 9.59 Å². The maximum absolute atomic E-state index is 10.7. The number of carbonyl (C=O) groups is 4. The molecule has 12 nitrogen and oxygen atoms in total. The number of rotatable bonds is 8. The van der Waals surface area contributed by atoms with E-state index in [4.69, 9.17) is 54.4 Å². The summed E-state index contributed by atoms with van der Waals surface area (Å²) in [6, 6.07) is 19.4. The van der Waals surface area contributed by atoms with Crippen molar-refractivity contribution in [2.24, 2.45) is 11.5 Å². The zero-order valence-corrected chi connectivity index (χ0v) is 26.9. The minimum Gasteiger partial charge on any atom is -0.478 e. The molecular weight excluding hydrogens is 639 g/mol. The molecule has 0 unspecified atom stereocenters. The van der Waals surface area contributed by atoms with Gasteiger partial charge in [0.15, 0.2) is 11.2 Å². The van der Waals surface area contributed by atoms with Gasteiger partial charge in [0.2, 0.25) is 11.8 Å². The molecule has 2 heterocycles. The molecule has 0 atom stereocenters. The molecule has 0 radical (unpaired) electrons. The van der Waals surface area contributed by atoms with Crippen LogP contribution in [-0.4, -0.2) is 55.1 Å². The second kappa shape index (κ2) is 18.6. The first-order chi connectivity index (χ1) is 21.4. The Bertz CT molecular complexity index is 1430. The molecule has 0 aliphatic rings. The number of benzene rings is 2. The number of primary amides is 2. The van der Waals surface area contributed by atoms with Crippen LogP contribution in [0.3, 0.4) is 0 Å². The van der Waals surface area contributed by atoms with Crippen molar-refractivity contribution in [3.05, 3.63) is 119 Å². The van der Waals surface area contributed by atoms with Crippen molar-refractivity contribution < 1.29 is 38.9 Å². The van der Waals surface area contributed by atoms with Gasteiger partial charge in [0.05, 0.1) is 0 Å². The lowest BCUT2D eigenvalue weighted by molar-refractivity contribution is -0.152. The number of hydrogen-bond donors (Lipinski definition) is 4. The van der Waals surface area contributed by atoms with Crippen LogP contribution in [-0.2, 0) is 9.59 Å². The number of ether oxygens (including phenoxy) is 2. The number of aliphatic carboxylic acids is 2. The number of nitrogens with zero attached hydrogens (tertiary/aromatic N) is 2. The quantitative estimate of drug-likeness (QED) is 0.184. The smallest absolute Gasteiger partial charge is 0.347 e. The van der Waals surface area contributed by atoms with Crippen LogP contribution in [0.4, 0.5) is 0 Å². The predicted octanol–water partition coefficient (Wildman–Crippen LogP) is 5.53. The van der Waals surface area contributed by atoms with Crippen LogP contribution in [0.1, 0.15) is 48.4 Å². The number of halogens is 2. The van der Waals surface area contributed by atoms with E-state index in [2.05, 4.69) is 9.97 Å². The topological polar surface area (TPSA) is 205 Å². The highest BCUT2D eigenvalue weighted by Gasteiger charge is 2.30. The van der Waals surface area contributed by atoms with Crippen molar-refractivity contribution in [3.63, 3.8) is 0 Å². The molecule has 244 valence electrons. The summed E-state index contributed by atoms with van der Waals surface area (Å²) in [5.41, 5.74) is 8.42. The Morgan fingerprint density at radius 1 is 0.565 bits per heavy atom. The third-order valence-corrected chi connectivity index (χ3v) is 5.84. The number of nitrogens with two attached hydrogens (primary N) is 2. The fourth-order valence-electron chi connectivity index (χ4n) is 2.71. The van der Waals surface area contributed by atoms with Crippen LogP contribution in [0.25, 0.3) is 0 Å². The van der Waals surface area contributed by atoms with E-state index in [1.54, 1.807) is 72.8 Å². The van der Waals surface area contributed by atoms with Gasteiger partial charge in [-0.05, 0) is 100 Å². The molecule has 6 N–H and O–H groups in total. The normalized spacial score (nSPS) is 10.2. The molecule has 0 aliphatic heterocycles. The molecule has 0 saturated heterocycles. The van der Waals surface area contributed by atoms with Crippen LogP contribution in [0.5, 0.6) is 11.5 Å². The van der Waals surface area contributed by atoms with Crippen molar-refractivity contribution in [2.45, 2.75) is 38.9 Å². The van der Waals surface area contributed by atoms with Gasteiger partial charge in [-0.2, -0.15) is 0 Å². The summed E-state index contributed by atoms with van der Waals surface area (Å²) in [4.78, 5) is 49.7. The summed E-state index contributed by atoms with van der Waals surface area (Å²) in [5, 5.41) is 18.8. The standard InChI is InChI=1S/2C10H11ClO3.2C6H6N2O/c2*1-10(2,9(12)13)14-8-5-3-7(11)4-6-8;2*7-6(9)5-1-3-8-4-2-5/h2*3-6H,1-2H3,(H,12,13);2*1-4H,(H2,7,9). The van der Waals surface area contributed by atoms with Gasteiger partial charge in [-0.15, -0.1) is 0 Å². The fraction of sp³-hybridized carbons (Fsp3) is 0.188. The van der Waals surface area contributed by atoms with E-state index >= 15 is 0 Å². The summed E-state index contributed by atoms with van der Waals surface area (Å²) in [6.45, 7) is 5.96. The summed E-state index contributed by atoms with van der Waals surface area (Å²) in [5.74, 6) is -1.88. The number of hydrogen-bond acceptors (Lipinski definition) is 8. The molecule has 0 fully saturated rings. The third-order valence-electron chi connectivity index (χ3n) is 5.33. The van der Waals surface area contributed by atoms with Crippen molar-refractivity contribution in [3.8, 4) is 11.5 Å². The number of carbonyl (C=O) groups excluding carboxylic acids is 2. The molecular formula is C32H34Cl2N4O8. The highest BCUT2D eigenvalue weighted by molar-refractivity contribution is 6.30. The fourth-order valence-corrected chi connectivity index (χ4v) is 2.97. The summed E-state index contributed by atoms with van der Waals surface area (Å²) in [6.07, 6.45) is 6.11. The van der Waals surface area contributed by atoms with E-state index in [9.17, 15) is 19.2 Å². The average molecular weight is 674 g/mol. The van der Waals surface area contributed by atoms with E-state index < -0.39 is 35.0 Å². The van der Waals surface area contributed by atoms with E-state index in [1.807, 2.05) is 0 Å². The largest absolute Gasteiger partial charge is 0.478 e. The minimum absolute atomic E-state index is 0.419. The Morgan fingerprint density at radius 3 is 1.02 bits per heavy atom. The second-order valence-electron chi connectivity index (χ2n) is 9.94. The lowest BCUT2D eigenvalue weighted by atomic mass is 10.1. The van der Waals surface area contributed by atoms with Crippen molar-refractivity contribution in [2.75, 3.05) is 0 Å². The molecule has 46 heavy (non-hydrogen) atoms. The molecule has 0 spiro atoms. The van der Waals surface area contributed by atoms with Crippen LogP contribution < -0.4 is 20.9 Å². The molecule has 4 rings (SSSR count). The van der Waals surface area contributed by atoms with Crippen LogP contribution >= 0.6 is 23.2 Å². The molecule has 2 aromatic carbocycles. The molecule has 4 aromatic rings. The highest BCUT2D eigenvalue weighted by atomic mass is 35.5. The monoisotopic (exact) mass is 672 g/mol. The maximum Gasteiger partial charge on any atom is 0.347 e. The Balaban J connectivity index is 0.000000313. The predicted molar refractivity (Wildman–Crippen MR) is 173 cm³/mol. The van der Waals surface area contributed by atoms with E-state index in [-0.39, 0.29) is 0 Å². The first kappa shape index (κ1) is 38.8. The minimum atomic E-state index is -1.23. The Hall–Kier alpha value is -5.20. The number of pyridine rings is 2. The number of amides is 2. The van der Waals surface area contributed by atoms with Crippen molar-refractivity contribution in [1.29, 1.82) is 0 Å². The van der Waals surface area contributed by atoms with Gasteiger partial charge in [0.25, 0.3) is 0 Å².